The lowest BCUT2D eigenvalue weighted by atomic mass is 9.95. The third-order valence-electron chi connectivity index (χ3n) is 4.38. The number of esters is 1. The zero-order chi connectivity index (χ0) is 14.7. The zero-order valence-electron chi connectivity index (χ0n) is 12.4. The minimum Gasteiger partial charge on any atom is -0.464 e. The fraction of sp³-hybridized carbons (Fsp3) is 0.389. The molecule has 3 rings (SSSR count). The van der Waals surface area contributed by atoms with Crippen LogP contribution in [0.3, 0.4) is 0 Å². The summed E-state index contributed by atoms with van der Waals surface area (Å²) < 4.78 is 4.78. The summed E-state index contributed by atoms with van der Waals surface area (Å²) in [5.74, 6) is 0.311. The van der Waals surface area contributed by atoms with E-state index in [0.29, 0.717) is 11.6 Å². The second kappa shape index (κ2) is 6.17. The maximum atomic E-state index is 11.6. The van der Waals surface area contributed by atoms with Gasteiger partial charge in [0, 0.05) is 5.69 Å². The van der Waals surface area contributed by atoms with Crippen molar-refractivity contribution in [1.82, 2.24) is 4.98 Å². The minimum atomic E-state index is -0.271. The maximum absolute atomic E-state index is 11.6. The number of rotatable bonds is 5. The molecule has 3 nitrogen and oxygen atoms in total. The van der Waals surface area contributed by atoms with Gasteiger partial charge in [-0.25, -0.2) is 4.79 Å². The largest absolute Gasteiger partial charge is 0.464 e. The van der Waals surface area contributed by atoms with Crippen molar-refractivity contribution in [2.75, 3.05) is 7.11 Å². The van der Waals surface area contributed by atoms with Crippen LogP contribution >= 0.6 is 0 Å². The van der Waals surface area contributed by atoms with Crippen molar-refractivity contribution in [2.24, 2.45) is 0 Å². The van der Waals surface area contributed by atoms with E-state index in [1.165, 1.54) is 43.2 Å². The van der Waals surface area contributed by atoms with Crippen molar-refractivity contribution in [3.05, 3.63) is 58.9 Å². The number of nitrogens with one attached hydrogen (secondary N) is 1. The lowest BCUT2D eigenvalue weighted by Crippen LogP contribution is -2.02. The molecule has 0 fully saturated rings. The number of H-pyrrole nitrogens is 1. The molecule has 1 N–H and O–H groups in total. The molecule has 1 heterocycles. The number of carbonyl (C=O) groups excluding carboxylic acids is 1. The Kier molecular flexibility index (Phi) is 4.09. The molecule has 0 spiro atoms. The zero-order valence-corrected chi connectivity index (χ0v) is 12.4. The van der Waals surface area contributed by atoms with E-state index in [2.05, 4.69) is 35.3 Å². The summed E-state index contributed by atoms with van der Waals surface area (Å²) in [6, 6.07) is 12.6. The van der Waals surface area contributed by atoms with Crippen molar-refractivity contribution in [3.63, 3.8) is 0 Å². The summed E-state index contributed by atoms with van der Waals surface area (Å²) in [5, 5.41) is 0. The smallest absolute Gasteiger partial charge is 0.354 e. The normalized spacial score (nSPS) is 16.7. The van der Waals surface area contributed by atoms with E-state index in [-0.39, 0.29) is 5.97 Å². The summed E-state index contributed by atoms with van der Waals surface area (Å²) >= 11 is 0. The van der Waals surface area contributed by atoms with Crippen LogP contribution in [0.1, 0.15) is 52.5 Å². The van der Waals surface area contributed by atoms with Gasteiger partial charge in [0.1, 0.15) is 5.69 Å². The van der Waals surface area contributed by atoms with Gasteiger partial charge < -0.3 is 9.72 Å². The molecule has 0 bridgehead atoms. The predicted octanol–water partition coefficient (Wildman–Crippen LogP) is 3.85. The number of methoxy groups -OCH3 is 1. The van der Waals surface area contributed by atoms with Crippen molar-refractivity contribution in [3.8, 4) is 0 Å². The average Bonchev–Trinajstić information content (AvgIpc) is 3.09. The number of aromatic amines is 1. The topological polar surface area (TPSA) is 42.1 Å². The Balaban J connectivity index is 1.59. The highest BCUT2D eigenvalue weighted by atomic mass is 16.5. The maximum Gasteiger partial charge on any atom is 0.354 e. The predicted molar refractivity (Wildman–Crippen MR) is 82.6 cm³/mol. The van der Waals surface area contributed by atoms with Crippen molar-refractivity contribution in [2.45, 2.75) is 38.0 Å². The molecule has 1 atom stereocenters. The number of hydrogen-bond acceptors (Lipinski definition) is 2. The molecule has 0 radical (unpaired) electrons. The summed E-state index contributed by atoms with van der Waals surface area (Å²) in [6.07, 6.45) is 5.73. The lowest BCUT2D eigenvalue weighted by molar-refractivity contribution is 0.0594. The Hall–Kier alpha value is -2.03. The Bertz CT molecular complexity index is 615. The van der Waals surface area contributed by atoms with Gasteiger partial charge in [0.15, 0.2) is 0 Å². The van der Waals surface area contributed by atoms with E-state index < -0.39 is 0 Å². The van der Waals surface area contributed by atoms with Crippen LogP contribution in [0.15, 0.2) is 36.4 Å². The molecule has 1 aromatic carbocycles. The molecule has 3 heteroatoms. The second-order valence-electron chi connectivity index (χ2n) is 5.72. The Morgan fingerprint density at radius 2 is 2.14 bits per heavy atom. The van der Waals surface area contributed by atoms with Crippen LogP contribution in [0.5, 0.6) is 0 Å². The third-order valence-corrected chi connectivity index (χ3v) is 4.38. The van der Waals surface area contributed by atoms with Crippen LogP contribution in [0.2, 0.25) is 0 Å². The molecule has 1 aliphatic rings. The van der Waals surface area contributed by atoms with Gasteiger partial charge in [0.05, 0.1) is 7.11 Å². The number of benzene rings is 1. The van der Waals surface area contributed by atoms with Gasteiger partial charge in [-0.05, 0) is 55.2 Å². The molecule has 1 aromatic heterocycles. The van der Waals surface area contributed by atoms with E-state index >= 15 is 0 Å². The minimum absolute atomic E-state index is 0.271. The number of fused-ring (bicyclic) bond motifs is 1. The highest BCUT2D eigenvalue weighted by Crippen LogP contribution is 2.37. The first kappa shape index (κ1) is 13.9. The number of ether oxygens (including phenoxy) is 1. The number of aromatic nitrogens is 1. The summed E-state index contributed by atoms with van der Waals surface area (Å²) in [6.45, 7) is 0. The summed E-state index contributed by atoms with van der Waals surface area (Å²) in [4.78, 5) is 14.8. The Labute approximate surface area is 125 Å². The van der Waals surface area contributed by atoms with Crippen LogP contribution in [-0.2, 0) is 17.6 Å². The van der Waals surface area contributed by atoms with Gasteiger partial charge in [-0.15, -0.1) is 0 Å². The first-order valence-corrected chi connectivity index (χ1v) is 7.62. The fourth-order valence-corrected chi connectivity index (χ4v) is 3.28. The van der Waals surface area contributed by atoms with Gasteiger partial charge in [-0.1, -0.05) is 30.3 Å². The van der Waals surface area contributed by atoms with E-state index in [1.54, 1.807) is 0 Å². The third kappa shape index (κ3) is 3.02. The standard InChI is InChI=1S/C18H21NO2/c1-21-18(20)17-12-15-14(10-11-16(15)19-17)9-5-8-13-6-3-2-4-7-13/h2-4,6-7,12,14,19H,5,8-11H2,1H3/t14-/m1/s1. The SMILES string of the molecule is COC(=O)c1cc2c([nH]1)CC[C@H]2CCCc1ccccc1. The molecular weight excluding hydrogens is 262 g/mol. The van der Waals surface area contributed by atoms with Crippen LogP contribution in [0.25, 0.3) is 0 Å². The van der Waals surface area contributed by atoms with Gasteiger partial charge >= 0.3 is 5.97 Å². The van der Waals surface area contributed by atoms with E-state index in [0.717, 1.165) is 12.8 Å². The Morgan fingerprint density at radius 1 is 1.33 bits per heavy atom. The van der Waals surface area contributed by atoms with Crippen LogP contribution in [-0.4, -0.2) is 18.1 Å². The van der Waals surface area contributed by atoms with E-state index in [4.69, 9.17) is 4.74 Å². The lowest BCUT2D eigenvalue weighted by Gasteiger charge is -2.09. The van der Waals surface area contributed by atoms with Gasteiger partial charge in [-0.3, -0.25) is 0 Å². The average molecular weight is 283 g/mol. The molecular formula is C18H21NO2. The van der Waals surface area contributed by atoms with Crippen molar-refractivity contribution >= 4 is 5.97 Å². The molecule has 110 valence electrons. The quantitative estimate of drug-likeness (QED) is 0.847. The fourth-order valence-electron chi connectivity index (χ4n) is 3.28. The van der Waals surface area contributed by atoms with Gasteiger partial charge in [0.25, 0.3) is 0 Å². The molecule has 0 amide bonds. The molecule has 0 saturated heterocycles. The van der Waals surface area contributed by atoms with Crippen LogP contribution in [0.4, 0.5) is 0 Å². The molecule has 0 aliphatic heterocycles. The second-order valence-corrected chi connectivity index (χ2v) is 5.72. The van der Waals surface area contributed by atoms with Crippen molar-refractivity contribution < 1.29 is 9.53 Å². The highest BCUT2D eigenvalue weighted by Gasteiger charge is 2.26. The number of hydrogen-bond donors (Lipinski definition) is 1. The first-order valence-electron chi connectivity index (χ1n) is 7.62. The summed E-state index contributed by atoms with van der Waals surface area (Å²) in [5.41, 5.74) is 4.54. The first-order chi connectivity index (χ1) is 10.3. The monoisotopic (exact) mass is 283 g/mol. The van der Waals surface area contributed by atoms with Crippen molar-refractivity contribution in [1.29, 1.82) is 0 Å². The van der Waals surface area contributed by atoms with Crippen LogP contribution in [0, 0.1) is 0 Å². The molecule has 0 saturated carbocycles. The molecule has 2 aromatic rings. The number of aryl methyl sites for hydroxylation is 2. The molecule has 1 aliphatic carbocycles. The van der Waals surface area contributed by atoms with Gasteiger partial charge in [0.2, 0.25) is 0 Å². The Morgan fingerprint density at radius 3 is 2.90 bits per heavy atom. The van der Waals surface area contributed by atoms with Crippen LogP contribution < -0.4 is 0 Å². The summed E-state index contributed by atoms with van der Waals surface area (Å²) in [7, 11) is 1.42. The highest BCUT2D eigenvalue weighted by molar-refractivity contribution is 5.87. The van der Waals surface area contributed by atoms with Gasteiger partial charge in [-0.2, -0.15) is 0 Å². The molecule has 0 unspecified atom stereocenters. The van der Waals surface area contributed by atoms with E-state index in [9.17, 15) is 4.79 Å². The van der Waals surface area contributed by atoms with E-state index in [1.807, 2.05) is 6.07 Å². The number of carbonyl (C=O) groups is 1. The molecule has 21 heavy (non-hydrogen) atoms.